The lowest BCUT2D eigenvalue weighted by Crippen LogP contribution is -2.41. The van der Waals surface area contributed by atoms with Crippen molar-refractivity contribution in [3.05, 3.63) is 71.8 Å². The summed E-state index contributed by atoms with van der Waals surface area (Å²) in [5.41, 5.74) is 2.19. The van der Waals surface area contributed by atoms with E-state index in [0.29, 0.717) is 12.5 Å². The predicted octanol–water partition coefficient (Wildman–Crippen LogP) is 3.06. The summed E-state index contributed by atoms with van der Waals surface area (Å²) in [5.74, 6) is 0.447. The molecule has 140 valence electrons. The van der Waals surface area contributed by atoms with Gasteiger partial charge in [0.1, 0.15) is 0 Å². The Balaban J connectivity index is 1.44. The molecule has 1 fully saturated rings. The number of piperidine rings is 1. The van der Waals surface area contributed by atoms with Gasteiger partial charge >= 0.3 is 0 Å². The molecule has 1 N–H and O–H groups in total. The van der Waals surface area contributed by atoms with Crippen molar-refractivity contribution in [3.8, 4) is 0 Å². The molecule has 0 saturated carbocycles. The van der Waals surface area contributed by atoms with Gasteiger partial charge in [0, 0.05) is 19.6 Å². The fourth-order valence-electron chi connectivity index (χ4n) is 3.54. The second-order valence-corrected chi connectivity index (χ2v) is 8.94. The number of hydrogen-bond acceptors (Lipinski definition) is 3. The molecule has 3 rings (SSSR count). The molecule has 0 spiro atoms. The minimum absolute atomic E-state index is 0.0539. The highest BCUT2D eigenvalue weighted by Gasteiger charge is 2.21. The normalized spacial score (nSPS) is 18.7. The minimum Gasteiger partial charge on any atom is -0.303 e. The Morgan fingerprint density at radius 2 is 1.62 bits per heavy atom. The first kappa shape index (κ1) is 19.1. The van der Waals surface area contributed by atoms with Crippen LogP contribution >= 0.6 is 0 Å². The quantitative estimate of drug-likeness (QED) is 0.775. The molecule has 5 heteroatoms. The monoisotopic (exact) mass is 372 g/mol. The van der Waals surface area contributed by atoms with Crippen LogP contribution in [0.25, 0.3) is 0 Å². The first-order valence-corrected chi connectivity index (χ1v) is 11.0. The second-order valence-electron chi connectivity index (χ2n) is 7.14. The third kappa shape index (κ3) is 6.24. The number of benzene rings is 2. The molecule has 0 bridgehead atoms. The molecule has 2 aromatic carbocycles. The average molecular weight is 373 g/mol. The zero-order chi connectivity index (χ0) is 18.2. The van der Waals surface area contributed by atoms with Crippen molar-refractivity contribution < 1.29 is 8.42 Å². The Kier molecular flexibility index (Phi) is 6.83. The fraction of sp³-hybridized carbons (Fsp3) is 0.429. The molecule has 0 amide bonds. The Morgan fingerprint density at radius 1 is 0.962 bits per heavy atom. The van der Waals surface area contributed by atoms with E-state index in [-0.39, 0.29) is 5.75 Å². The Labute approximate surface area is 157 Å². The van der Waals surface area contributed by atoms with Crippen LogP contribution in [0.5, 0.6) is 0 Å². The third-order valence-corrected chi connectivity index (χ3v) is 6.27. The highest BCUT2D eigenvalue weighted by atomic mass is 32.2. The Morgan fingerprint density at radius 3 is 2.31 bits per heavy atom. The van der Waals surface area contributed by atoms with E-state index in [1.807, 2.05) is 36.4 Å². The summed E-state index contributed by atoms with van der Waals surface area (Å²) >= 11 is 0. The van der Waals surface area contributed by atoms with Crippen molar-refractivity contribution in [2.24, 2.45) is 5.92 Å². The summed E-state index contributed by atoms with van der Waals surface area (Å²) in [6.45, 7) is 3.66. The molecule has 0 radical (unpaired) electrons. The lowest BCUT2D eigenvalue weighted by Gasteiger charge is -2.32. The first-order chi connectivity index (χ1) is 12.6. The van der Waals surface area contributed by atoms with Crippen LogP contribution in [-0.4, -0.2) is 39.5 Å². The number of hydrogen-bond donors (Lipinski definition) is 1. The highest BCUT2D eigenvalue weighted by Crippen LogP contribution is 2.17. The van der Waals surface area contributed by atoms with Crippen molar-refractivity contribution in [1.29, 1.82) is 0 Å². The highest BCUT2D eigenvalue weighted by molar-refractivity contribution is 7.88. The van der Waals surface area contributed by atoms with Crippen LogP contribution in [0.1, 0.15) is 24.0 Å². The first-order valence-electron chi connectivity index (χ1n) is 9.38. The van der Waals surface area contributed by atoms with Crippen molar-refractivity contribution >= 4 is 10.0 Å². The van der Waals surface area contributed by atoms with Gasteiger partial charge in [-0.05, 0) is 42.9 Å². The zero-order valence-electron chi connectivity index (χ0n) is 15.2. The Hall–Kier alpha value is -1.69. The summed E-state index contributed by atoms with van der Waals surface area (Å²) in [7, 11) is -3.28. The van der Waals surface area contributed by atoms with Gasteiger partial charge in [0.25, 0.3) is 0 Å². The summed E-state index contributed by atoms with van der Waals surface area (Å²) in [4.78, 5) is 2.46. The molecular weight excluding hydrogens is 344 g/mol. The fourth-order valence-corrected chi connectivity index (χ4v) is 4.77. The zero-order valence-corrected chi connectivity index (χ0v) is 16.0. The predicted molar refractivity (Wildman–Crippen MR) is 106 cm³/mol. The number of likely N-dealkylation sites (tertiary alicyclic amines) is 1. The van der Waals surface area contributed by atoms with Gasteiger partial charge in [-0.25, -0.2) is 13.1 Å². The third-order valence-electron chi connectivity index (χ3n) is 4.95. The van der Waals surface area contributed by atoms with Crippen molar-refractivity contribution in [2.75, 3.05) is 26.2 Å². The molecule has 1 unspecified atom stereocenters. The molecule has 1 aliphatic heterocycles. The molecule has 1 saturated heterocycles. The van der Waals surface area contributed by atoms with Gasteiger partial charge in [-0.3, -0.25) is 0 Å². The topological polar surface area (TPSA) is 49.4 Å². The Bertz CT molecular complexity index is 763. The van der Waals surface area contributed by atoms with E-state index in [1.165, 1.54) is 5.56 Å². The van der Waals surface area contributed by atoms with Crippen LogP contribution < -0.4 is 4.72 Å². The van der Waals surface area contributed by atoms with Crippen molar-refractivity contribution in [3.63, 3.8) is 0 Å². The van der Waals surface area contributed by atoms with Gasteiger partial charge in [-0.15, -0.1) is 0 Å². The molecule has 0 aromatic heterocycles. The van der Waals surface area contributed by atoms with Crippen LogP contribution in [0.3, 0.4) is 0 Å². The molecule has 1 heterocycles. The maximum atomic E-state index is 12.3. The summed E-state index contributed by atoms with van der Waals surface area (Å²) < 4.78 is 27.4. The van der Waals surface area contributed by atoms with Crippen LogP contribution in [0.15, 0.2) is 60.7 Å². The summed E-state index contributed by atoms with van der Waals surface area (Å²) in [5, 5.41) is 0. The van der Waals surface area contributed by atoms with Gasteiger partial charge < -0.3 is 4.90 Å². The van der Waals surface area contributed by atoms with Crippen LogP contribution in [0.4, 0.5) is 0 Å². The average Bonchev–Trinajstić information content (AvgIpc) is 2.67. The lowest BCUT2D eigenvalue weighted by atomic mass is 9.98. The molecule has 0 aliphatic carbocycles. The SMILES string of the molecule is O=S(=O)(Cc1ccccc1)NCC1CCCN(CCc2ccccc2)C1. The van der Waals surface area contributed by atoms with E-state index in [2.05, 4.69) is 33.9 Å². The van der Waals surface area contributed by atoms with E-state index < -0.39 is 10.0 Å². The molecule has 26 heavy (non-hydrogen) atoms. The van der Waals surface area contributed by atoms with Crippen LogP contribution in [0, 0.1) is 5.92 Å². The summed E-state index contributed by atoms with van der Waals surface area (Å²) in [6, 6.07) is 19.9. The van der Waals surface area contributed by atoms with Crippen LogP contribution in [0.2, 0.25) is 0 Å². The molecule has 4 nitrogen and oxygen atoms in total. The standard InChI is InChI=1S/C21H28N2O2S/c24-26(25,18-20-10-5-2-6-11-20)22-16-21-12-7-14-23(17-21)15-13-19-8-3-1-4-9-19/h1-6,8-11,21-22H,7,12-18H2. The van der Waals surface area contributed by atoms with E-state index in [0.717, 1.165) is 44.5 Å². The maximum Gasteiger partial charge on any atom is 0.215 e. The molecule has 1 aliphatic rings. The maximum absolute atomic E-state index is 12.3. The number of sulfonamides is 1. The van der Waals surface area contributed by atoms with E-state index in [4.69, 9.17) is 0 Å². The second kappa shape index (κ2) is 9.31. The summed E-state index contributed by atoms with van der Waals surface area (Å²) in [6.07, 6.45) is 3.28. The van der Waals surface area contributed by atoms with E-state index >= 15 is 0 Å². The molecule has 1 atom stereocenters. The van der Waals surface area contributed by atoms with Gasteiger partial charge in [0.05, 0.1) is 5.75 Å². The van der Waals surface area contributed by atoms with Gasteiger partial charge in [-0.1, -0.05) is 60.7 Å². The van der Waals surface area contributed by atoms with E-state index in [1.54, 1.807) is 0 Å². The van der Waals surface area contributed by atoms with Gasteiger partial charge in [-0.2, -0.15) is 0 Å². The number of nitrogens with zero attached hydrogens (tertiary/aromatic N) is 1. The minimum atomic E-state index is -3.28. The number of nitrogens with one attached hydrogen (secondary N) is 1. The molecular formula is C21H28N2O2S. The van der Waals surface area contributed by atoms with Crippen molar-refractivity contribution in [2.45, 2.75) is 25.0 Å². The lowest BCUT2D eigenvalue weighted by molar-refractivity contribution is 0.178. The van der Waals surface area contributed by atoms with Crippen molar-refractivity contribution in [1.82, 2.24) is 9.62 Å². The van der Waals surface area contributed by atoms with Gasteiger partial charge in [0.2, 0.25) is 10.0 Å². The number of rotatable bonds is 8. The van der Waals surface area contributed by atoms with Crippen LogP contribution in [-0.2, 0) is 22.2 Å². The smallest absolute Gasteiger partial charge is 0.215 e. The molecule has 2 aromatic rings. The van der Waals surface area contributed by atoms with Gasteiger partial charge in [0.15, 0.2) is 0 Å². The largest absolute Gasteiger partial charge is 0.303 e. The van der Waals surface area contributed by atoms with E-state index in [9.17, 15) is 8.42 Å².